The topological polar surface area (TPSA) is 44.9 Å². The van der Waals surface area contributed by atoms with Crippen LogP contribution < -0.4 is 0 Å². The van der Waals surface area contributed by atoms with Gasteiger partial charge in [-0.05, 0) is 21.0 Å². The molecule has 0 saturated carbocycles. The molecule has 0 aliphatic heterocycles. The Morgan fingerprint density at radius 1 is 1.26 bits per heavy atom. The molecule has 0 radical (unpaired) electrons. The molecule has 2 aromatic rings. The van der Waals surface area contributed by atoms with Gasteiger partial charge in [-0.3, -0.25) is 4.90 Å². The molecule has 1 heterocycles. The highest BCUT2D eigenvalue weighted by Crippen LogP contribution is 2.26. The van der Waals surface area contributed by atoms with E-state index in [2.05, 4.69) is 11.1 Å². The monoisotopic (exact) mass is 254 g/mol. The first-order valence-electron chi connectivity index (χ1n) is 6.21. The Kier molecular flexibility index (Phi) is 3.68. The van der Waals surface area contributed by atoms with Crippen LogP contribution in [0.5, 0.6) is 0 Å². The van der Waals surface area contributed by atoms with Crippen molar-refractivity contribution in [3.63, 3.8) is 0 Å². The van der Waals surface area contributed by atoms with Crippen LogP contribution in [0.3, 0.4) is 0 Å². The number of nitrogens with zero attached hydrogens (tertiary/aromatic N) is 4. The van der Waals surface area contributed by atoms with Crippen molar-refractivity contribution < 1.29 is 0 Å². The number of imidazole rings is 1. The molecular formula is C15H18N4. The van der Waals surface area contributed by atoms with Gasteiger partial charge in [-0.25, -0.2) is 4.98 Å². The van der Waals surface area contributed by atoms with Crippen LogP contribution in [0.2, 0.25) is 0 Å². The first-order valence-corrected chi connectivity index (χ1v) is 6.21. The van der Waals surface area contributed by atoms with E-state index in [9.17, 15) is 5.26 Å². The predicted molar refractivity (Wildman–Crippen MR) is 75.4 cm³/mol. The van der Waals surface area contributed by atoms with Gasteiger partial charge >= 0.3 is 0 Å². The van der Waals surface area contributed by atoms with E-state index in [0.29, 0.717) is 0 Å². The molecule has 1 atom stereocenters. The van der Waals surface area contributed by atoms with Crippen molar-refractivity contribution in [1.29, 1.82) is 5.26 Å². The Morgan fingerprint density at radius 3 is 2.42 bits per heavy atom. The van der Waals surface area contributed by atoms with Gasteiger partial charge in [0.1, 0.15) is 11.9 Å². The highest BCUT2D eigenvalue weighted by atomic mass is 15.1. The third-order valence-corrected chi connectivity index (χ3v) is 3.35. The second kappa shape index (κ2) is 5.25. The highest BCUT2D eigenvalue weighted by molar-refractivity contribution is 5.57. The summed E-state index contributed by atoms with van der Waals surface area (Å²) in [5, 5.41) is 9.30. The van der Waals surface area contributed by atoms with E-state index in [4.69, 9.17) is 0 Å². The Balaban J connectivity index is 2.54. The second-order valence-electron chi connectivity index (χ2n) is 4.83. The van der Waals surface area contributed by atoms with Gasteiger partial charge in [0, 0.05) is 18.3 Å². The zero-order valence-electron chi connectivity index (χ0n) is 11.8. The minimum Gasteiger partial charge on any atom is -0.331 e. The van der Waals surface area contributed by atoms with Crippen molar-refractivity contribution in [3.8, 4) is 17.5 Å². The van der Waals surface area contributed by atoms with Crippen molar-refractivity contribution in [2.24, 2.45) is 7.05 Å². The molecule has 0 N–H and O–H groups in total. The molecule has 4 nitrogen and oxygen atoms in total. The van der Waals surface area contributed by atoms with E-state index in [1.165, 1.54) is 0 Å². The van der Waals surface area contributed by atoms with Crippen molar-refractivity contribution in [1.82, 2.24) is 14.5 Å². The van der Waals surface area contributed by atoms with Crippen molar-refractivity contribution >= 4 is 0 Å². The van der Waals surface area contributed by atoms with E-state index in [0.717, 1.165) is 22.8 Å². The van der Waals surface area contributed by atoms with E-state index in [-0.39, 0.29) is 6.04 Å². The molecule has 0 fully saturated rings. The zero-order valence-corrected chi connectivity index (χ0v) is 11.8. The average Bonchev–Trinajstić information content (AvgIpc) is 2.69. The quantitative estimate of drug-likeness (QED) is 0.845. The van der Waals surface area contributed by atoms with Gasteiger partial charge in [-0.1, -0.05) is 30.3 Å². The van der Waals surface area contributed by atoms with Crippen molar-refractivity contribution in [2.45, 2.75) is 13.0 Å². The molecule has 0 saturated heterocycles. The second-order valence-corrected chi connectivity index (χ2v) is 4.83. The molecule has 0 aliphatic carbocycles. The summed E-state index contributed by atoms with van der Waals surface area (Å²) in [6.45, 7) is 2.00. The summed E-state index contributed by atoms with van der Waals surface area (Å²) in [6.07, 6.45) is 0. The van der Waals surface area contributed by atoms with Crippen LogP contribution in [-0.4, -0.2) is 28.5 Å². The normalized spacial score (nSPS) is 12.4. The van der Waals surface area contributed by atoms with Crippen LogP contribution >= 0.6 is 0 Å². The molecular weight excluding hydrogens is 236 g/mol. The van der Waals surface area contributed by atoms with Crippen LogP contribution in [-0.2, 0) is 7.05 Å². The molecule has 98 valence electrons. The van der Waals surface area contributed by atoms with Gasteiger partial charge in [0.15, 0.2) is 0 Å². The summed E-state index contributed by atoms with van der Waals surface area (Å²) in [7, 11) is 5.77. The molecule has 0 aliphatic rings. The van der Waals surface area contributed by atoms with Gasteiger partial charge in [0.25, 0.3) is 0 Å². The SMILES string of the molecule is Cc1c(C(C#N)N(C)C)nc(-c2ccccc2)n1C. The first kappa shape index (κ1) is 13.3. The number of hydrogen-bond donors (Lipinski definition) is 0. The smallest absolute Gasteiger partial charge is 0.142 e. The summed E-state index contributed by atoms with van der Waals surface area (Å²) in [6, 6.07) is 12.0. The zero-order chi connectivity index (χ0) is 14.0. The van der Waals surface area contributed by atoms with Gasteiger partial charge in [0.05, 0.1) is 11.8 Å². The average molecular weight is 254 g/mol. The molecule has 2 rings (SSSR count). The fourth-order valence-corrected chi connectivity index (χ4v) is 2.13. The molecule has 4 heteroatoms. The molecule has 0 bridgehead atoms. The Labute approximate surface area is 113 Å². The van der Waals surface area contributed by atoms with E-state index < -0.39 is 0 Å². The highest BCUT2D eigenvalue weighted by Gasteiger charge is 2.22. The van der Waals surface area contributed by atoms with Gasteiger partial charge < -0.3 is 4.57 Å². The molecule has 0 spiro atoms. The van der Waals surface area contributed by atoms with Crippen LogP contribution in [0.4, 0.5) is 0 Å². The number of hydrogen-bond acceptors (Lipinski definition) is 3. The fraction of sp³-hybridized carbons (Fsp3) is 0.333. The van der Waals surface area contributed by atoms with Gasteiger partial charge in [-0.15, -0.1) is 0 Å². The fourth-order valence-electron chi connectivity index (χ4n) is 2.13. The Bertz CT molecular complexity index is 605. The van der Waals surface area contributed by atoms with Gasteiger partial charge in [0.2, 0.25) is 0 Å². The van der Waals surface area contributed by atoms with E-state index >= 15 is 0 Å². The molecule has 1 aromatic carbocycles. The maximum absolute atomic E-state index is 9.30. The standard InChI is InChI=1S/C15H18N4/c1-11-14(13(10-16)18(2)3)17-15(19(11)4)12-8-6-5-7-9-12/h5-9,13H,1-4H3. The largest absolute Gasteiger partial charge is 0.331 e. The molecule has 1 aromatic heterocycles. The van der Waals surface area contributed by atoms with E-state index in [1.807, 2.05) is 67.9 Å². The Morgan fingerprint density at radius 2 is 1.89 bits per heavy atom. The lowest BCUT2D eigenvalue weighted by Crippen LogP contribution is -2.19. The molecule has 1 unspecified atom stereocenters. The van der Waals surface area contributed by atoms with Crippen LogP contribution in [0, 0.1) is 18.3 Å². The lowest BCUT2D eigenvalue weighted by molar-refractivity contribution is 0.352. The number of aromatic nitrogens is 2. The third kappa shape index (κ3) is 2.38. The summed E-state index contributed by atoms with van der Waals surface area (Å²) in [4.78, 5) is 6.55. The number of benzene rings is 1. The molecule has 19 heavy (non-hydrogen) atoms. The maximum Gasteiger partial charge on any atom is 0.142 e. The van der Waals surface area contributed by atoms with Crippen molar-refractivity contribution in [3.05, 3.63) is 41.7 Å². The van der Waals surface area contributed by atoms with Gasteiger partial charge in [-0.2, -0.15) is 5.26 Å². The summed E-state index contributed by atoms with van der Waals surface area (Å²) in [5.74, 6) is 0.898. The summed E-state index contributed by atoms with van der Waals surface area (Å²) >= 11 is 0. The van der Waals surface area contributed by atoms with E-state index in [1.54, 1.807) is 0 Å². The number of rotatable bonds is 3. The summed E-state index contributed by atoms with van der Waals surface area (Å²) < 4.78 is 2.04. The minimum absolute atomic E-state index is 0.316. The van der Waals surface area contributed by atoms with Crippen LogP contribution in [0.1, 0.15) is 17.4 Å². The number of nitriles is 1. The van der Waals surface area contributed by atoms with Crippen molar-refractivity contribution in [2.75, 3.05) is 14.1 Å². The minimum atomic E-state index is -0.316. The van der Waals surface area contributed by atoms with Crippen LogP contribution in [0.15, 0.2) is 30.3 Å². The van der Waals surface area contributed by atoms with Crippen LogP contribution in [0.25, 0.3) is 11.4 Å². The predicted octanol–water partition coefficient (Wildman–Crippen LogP) is 2.52. The summed E-state index contributed by atoms with van der Waals surface area (Å²) in [5.41, 5.74) is 2.92. The lowest BCUT2D eigenvalue weighted by Gasteiger charge is -2.15. The third-order valence-electron chi connectivity index (χ3n) is 3.35. The maximum atomic E-state index is 9.30. The Hall–Kier alpha value is -2.12. The first-order chi connectivity index (χ1) is 9.06. The lowest BCUT2D eigenvalue weighted by atomic mass is 10.2. The molecule has 0 amide bonds.